The van der Waals surface area contributed by atoms with Crippen LogP contribution in [-0.4, -0.2) is 5.78 Å². The Hall–Kier alpha value is -1.28. The third-order valence-electron chi connectivity index (χ3n) is 3.36. The minimum atomic E-state index is 0.251. The van der Waals surface area contributed by atoms with Gasteiger partial charge in [0.15, 0.2) is 5.78 Å². The van der Waals surface area contributed by atoms with Crippen LogP contribution in [0.2, 0.25) is 0 Å². The number of carbonyl (C=O) groups is 1. The number of thioether (sulfide) groups is 1. The first kappa shape index (κ1) is 14.1. The van der Waals surface area contributed by atoms with Crippen LogP contribution in [0.15, 0.2) is 51.8 Å². The van der Waals surface area contributed by atoms with E-state index in [4.69, 9.17) is 0 Å². The minimum absolute atomic E-state index is 0.251. The van der Waals surface area contributed by atoms with E-state index in [9.17, 15) is 4.79 Å². The zero-order chi connectivity index (χ0) is 13.7. The van der Waals surface area contributed by atoms with Crippen LogP contribution in [0.5, 0.6) is 0 Å². The van der Waals surface area contributed by atoms with Gasteiger partial charge < -0.3 is 0 Å². The Balaban J connectivity index is 1.98. The summed E-state index contributed by atoms with van der Waals surface area (Å²) in [5.74, 6) is 0.251. The molecule has 1 aliphatic rings. The molecule has 0 atom stereocenters. The van der Waals surface area contributed by atoms with Gasteiger partial charge in [-0.15, -0.1) is 11.8 Å². The van der Waals surface area contributed by atoms with Gasteiger partial charge in [0.05, 0.1) is 0 Å². The highest BCUT2D eigenvalue weighted by atomic mass is 32.2. The van der Waals surface area contributed by atoms with Crippen molar-refractivity contribution in [1.82, 2.24) is 0 Å². The maximum absolute atomic E-state index is 12.1. The Morgan fingerprint density at radius 2 is 2.00 bits per heavy atom. The quantitative estimate of drug-likeness (QED) is 0.672. The summed E-state index contributed by atoms with van der Waals surface area (Å²) in [7, 11) is 0. The molecule has 0 amide bonds. The van der Waals surface area contributed by atoms with Gasteiger partial charge in [0.1, 0.15) is 0 Å². The van der Waals surface area contributed by atoms with Crippen molar-refractivity contribution in [1.29, 1.82) is 0 Å². The summed E-state index contributed by atoms with van der Waals surface area (Å²) in [6, 6.07) is 9.59. The lowest BCUT2D eigenvalue weighted by Gasteiger charge is -2.17. The fourth-order valence-corrected chi connectivity index (χ4v) is 3.26. The van der Waals surface area contributed by atoms with Crippen LogP contribution in [0, 0.1) is 0 Å². The smallest absolute Gasteiger partial charge is 0.163 e. The van der Waals surface area contributed by atoms with Crippen molar-refractivity contribution in [2.45, 2.75) is 39.5 Å². The second-order valence-electron chi connectivity index (χ2n) is 4.93. The maximum Gasteiger partial charge on any atom is 0.163 e. The first-order valence-electron chi connectivity index (χ1n) is 6.82. The van der Waals surface area contributed by atoms with E-state index in [1.54, 1.807) is 0 Å². The lowest BCUT2D eigenvalue weighted by molar-refractivity contribution is 0.0982. The predicted molar refractivity (Wildman–Crippen MR) is 83.3 cm³/mol. The van der Waals surface area contributed by atoms with E-state index in [0.717, 1.165) is 24.8 Å². The molecule has 0 aliphatic carbocycles. The first-order valence-corrected chi connectivity index (χ1v) is 7.70. The molecule has 0 saturated heterocycles. The van der Waals surface area contributed by atoms with E-state index >= 15 is 0 Å². The van der Waals surface area contributed by atoms with Gasteiger partial charge in [0.2, 0.25) is 0 Å². The Morgan fingerprint density at radius 1 is 1.26 bits per heavy atom. The summed E-state index contributed by atoms with van der Waals surface area (Å²) in [5.41, 5.74) is 3.69. The van der Waals surface area contributed by atoms with E-state index in [1.807, 2.05) is 42.1 Å². The van der Waals surface area contributed by atoms with E-state index in [-0.39, 0.29) is 5.78 Å². The molecule has 0 aromatic heterocycles. The molecule has 1 aromatic carbocycles. The molecule has 0 bridgehead atoms. The molecular formula is C17H20OS. The van der Waals surface area contributed by atoms with Crippen molar-refractivity contribution < 1.29 is 4.79 Å². The topological polar surface area (TPSA) is 17.1 Å². The monoisotopic (exact) mass is 272 g/mol. The van der Waals surface area contributed by atoms with Gasteiger partial charge in [-0.25, -0.2) is 0 Å². The second kappa shape index (κ2) is 6.76. The highest BCUT2D eigenvalue weighted by Crippen LogP contribution is 2.36. The van der Waals surface area contributed by atoms with Crippen LogP contribution in [-0.2, 0) is 0 Å². The molecule has 1 nitrogen and oxygen atoms in total. The molecule has 0 N–H and O–H groups in total. The number of rotatable bonds is 5. The molecule has 0 spiro atoms. The first-order chi connectivity index (χ1) is 9.20. The molecule has 100 valence electrons. The number of hydrogen-bond donors (Lipinski definition) is 0. The van der Waals surface area contributed by atoms with Gasteiger partial charge in [-0.1, -0.05) is 48.4 Å². The number of Topliss-reactive ketones (excluding diaryl/α,β-unsaturated/α-hetero) is 1. The summed E-state index contributed by atoms with van der Waals surface area (Å²) in [4.78, 5) is 13.6. The zero-order valence-electron chi connectivity index (χ0n) is 11.6. The number of carbonyl (C=O) groups excluding carboxylic acids is 1. The molecule has 0 radical (unpaired) electrons. The standard InChI is InChI=1S/C17H20OS/c1-3-17-15(11-13(2)12-19-17)9-10-16(18)14-7-5-4-6-8-14/h4-8,12H,3,9-11H2,1-2H3. The van der Waals surface area contributed by atoms with E-state index < -0.39 is 0 Å². The normalized spacial score (nSPS) is 15.4. The lowest BCUT2D eigenvalue weighted by atomic mass is 9.97. The predicted octanol–water partition coefficient (Wildman–Crippen LogP) is 5.35. The maximum atomic E-state index is 12.1. The van der Waals surface area contributed by atoms with Gasteiger partial charge in [-0.3, -0.25) is 4.79 Å². The SMILES string of the molecule is CCC1=C(CCC(=O)c2ccccc2)CC(C)=CS1. The van der Waals surface area contributed by atoms with Gasteiger partial charge in [0.25, 0.3) is 0 Å². The van der Waals surface area contributed by atoms with E-state index in [2.05, 4.69) is 19.3 Å². The van der Waals surface area contributed by atoms with Crippen molar-refractivity contribution in [3.8, 4) is 0 Å². The van der Waals surface area contributed by atoms with E-state index in [1.165, 1.54) is 16.1 Å². The van der Waals surface area contributed by atoms with Gasteiger partial charge >= 0.3 is 0 Å². The number of hydrogen-bond acceptors (Lipinski definition) is 2. The molecule has 1 aliphatic heterocycles. The Morgan fingerprint density at radius 3 is 2.68 bits per heavy atom. The Bertz CT molecular complexity index is 511. The Labute approximate surface area is 119 Å². The largest absolute Gasteiger partial charge is 0.294 e. The highest BCUT2D eigenvalue weighted by Gasteiger charge is 2.13. The minimum Gasteiger partial charge on any atom is -0.294 e. The molecule has 0 fully saturated rings. The summed E-state index contributed by atoms with van der Waals surface area (Å²) in [5, 5.41) is 2.24. The van der Waals surface area contributed by atoms with Crippen molar-refractivity contribution in [3.05, 3.63) is 57.4 Å². The van der Waals surface area contributed by atoms with Crippen LogP contribution in [0.3, 0.4) is 0 Å². The molecule has 19 heavy (non-hydrogen) atoms. The number of allylic oxidation sites excluding steroid dienone is 3. The van der Waals surface area contributed by atoms with Crippen LogP contribution in [0.1, 0.15) is 49.9 Å². The molecule has 2 heteroatoms. The fraction of sp³-hybridized carbons (Fsp3) is 0.353. The molecule has 1 aromatic rings. The molecule has 1 heterocycles. The Kier molecular flexibility index (Phi) is 5.03. The highest BCUT2D eigenvalue weighted by molar-refractivity contribution is 8.05. The van der Waals surface area contributed by atoms with Gasteiger partial charge in [-0.05, 0) is 36.5 Å². The molecule has 0 saturated carbocycles. The second-order valence-corrected chi connectivity index (χ2v) is 5.89. The fourth-order valence-electron chi connectivity index (χ4n) is 2.33. The zero-order valence-corrected chi connectivity index (χ0v) is 12.4. The third-order valence-corrected chi connectivity index (χ3v) is 4.74. The van der Waals surface area contributed by atoms with Gasteiger partial charge in [-0.2, -0.15) is 0 Å². The van der Waals surface area contributed by atoms with Crippen molar-refractivity contribution >= 4 is 17.5 Å². The molecule has 0 unspecified atom stereocenters. The number of benzene rings is 1. The van der Waals surface area contributed by atoms with Crippen LogP contribution >= 0.6 is 11.8 Å². The van der Waals surface area contributed by atoms with Crippen LogP contribution < -0.4 is 0 Å². The van der Waals surface area contributed by atoms with Crippen LogP contribution in [0.4, 0.5) is 0 Å². The number of ketones is 1. The molecular weight excluding hydrogens is 252 g/mol. The average Bonchev–Trinajstić information content (AvgIpc) is 2.46. The van der Waals surface area contributed by atoms with Gasteiger partial charge in [0, 0.05) is 12.0 Å². The molecule has 2 rings (SSSR count). The van der Waals surface area contributed by atoms with Crippen molar-refractivity contribution in [3.63, 3.8) is 0 Å². The summed E-state index contributed by atoms with van der Waals surface area (Å²) >= 11 is 1.83. The summed E-state index contributed by atoms with van der Waals surface area (Å²) in [6.07, 6.45) is 3.63. The summed E-state index contributed by atoms with van der Waals surface area (Å²) < 4.78 is 0. The van der Waals surface area contributed by atoms with Crippen LogP contribution in [0.25, 0.3) is 0 Å². The summed E-state index contributed by atoms with van der Waals surface area (Å²) in [6.45, 7) is 4.36. The average molecular weight is 272 g/mol. The van der Waals surface area contributed by atoms with E-state index in [0.29, 0.717) is 6.42 Å². The lowest BCUT2D eigenvalue weighted by Crippen LogP contribution is -2.02. The van der Waals surface area contributed by atoms with Crippen molar-refractivity contribution in [2.24, 2.45) is 0 Å². The van der Waals surface area contributed by atoms with Crippen molar-refractivity contribution in [2.75, 3.05) is 0 Å². The third kappa shape index (κ3) is 3.84.